The summed E-state index contributed by atoms with van der Waals surface area (Å²) < 4.78 is 10.1. The van der Waals surface area contributed by atoms with E-state index in [-0.39, 0.29) is 43.6 Å². The Morgan fingerprint density at radius 3 is 1.86 bits per heavy atom. The van der Waals surface area contributed by atoms with E-state index in [0.29, 0.717) is 6.42 Å². The fourth-order valence-corrected chi connectivity index (χ4v) is 5.07. The Morgan fingerprint density at radius 2 is 1.41 bits per heavy atom. The molecule has 2 rings (SSSR count). The standard InChI is InChI=1S/C31H48N6O7/c1-18(2)13-22(26(38)31(17-44-31)30(42)43-7)33-27(39)23(14-19(3)4)34-28(40)24(15-20(5)6)35-29(41)25(36-37-32)16-21-11-9-8-10-12-21/h8-12,18-20,22-26,38H,13-17H2,1-7H3,(H,33,39)(H,34,40)(H,35,41)/t22-,23-,24-,25-,26+,31-/m0/s1. The van der Waals surface area contributed by atoms with Crippen LogP contribution < -0.4 is 16.0 Å². The molecular formula is C31H48N6O7. The van der Waals surface area contributed by atoms with Gasteiger partial charge in [0.2, 0.25) is 23.3 Å². The average molecular weight is 617 g/mol. The lowest BCUT2D eigenvalue weighted by atomic mass is 9.90. The van der Waals surface area contributed by atoms with E-state index in [0.717, 1.165) is 5.56 Å². The average Bonchev–Trinajstić information content (AvgIpc) is 3.77. The first-order chi connectivity index (χ1) is 20.7. The Bertz CT molecular complexity index is 1170. The van der Waals surface area contributed by atoms with E-state index in [1.54, 1.807) is 0 Å². The number of nitrogens with one attached hydrogen (secondary N) is 3. The molecule has 1 heterocycles. The number of hydrogen-bond acceptors (Lipinski definition) is 8. The Kier molecular flexibility index (Phi) is 14.1. The fourth-order valence-electron chi connectivity index (χ4n) is 5.07. The van der Waals surface area contributed by atoms with Crippen LogP contribution in [-0.4, -0.2) is 78.4 Å². The Labute approximate surface area is 259 Å². The molecule has 1 aliphatic rings. The van der Waals surface area contributed by atoms with E-state index >= 15 is 0 Å². The number of aliphatic hydroxyl groups excluding tert-OH is 1. The molecule has 0 aliphatic carbocycles. The first-order valence-corrected chi connectivity index (χ1v) is 15.1. The molecule has 0 radical (unpaired) electrons. The summed E-state index contributed by atoms with van der Waals surface area (Å²) in [5.41, 5.74) is 8.33. The van der Waals surface area contributed by atoms with Gasteiger partial charge in [-0.3, -0.25) is 14.4 Å². The summed E-state index contributed by atoms with van der Waals surface area (Å²) in [6.45, 7) is 11.4. The number of hydrogen-bond donors (Lipinski definition) is 4. The molecule has 44 heavy (non-hydrogen) atoms. The van der Waals surface area contributed by atoms with Gasteiger partial charge in [-0.05, 0) is 54.5 Å². The molecule has 1 aromatic rings. The van der Waals surface area contributed by atoms with E-state index in [4.69, 9.17) is 15.0 Å². The van der Waals surface area contributed by atoms with Crippen molar-refractivity contribution in [1.29, 1.82) is 0 Å². The van der Waals surface area contributed by atoms with Crippen LogP contribution in [-0.2, 0) is 35.1 Å². The second kappa shape index (κ2) is 17.0. The van der Waals surface area contributed by atoms with Crippen LogP contribution in [0.4, 0.5) is 0 Å². The summed E-state index contributed by atoms with van der Waals surface area (Å²) >= 11 is 0. The first kappa shape index (κ1) is 36.5. The molecule has 13 heteroatoms. The van der Waals surface area contributed by atoms with Crippen LogP contribution >= 0.6 is 0 Å². The van der Waals surface area contributed by atoms with Crippen LogP contribution in [0, 0.1) is 17.8 Å². The van der Waals surface area contributed by atoms with Crippen molar-refractivity contribution in [3.63, 3.8) is 0 Å². The molecule has 3 amide bonds. The molecule has 0 unspecified atom stereocenters. The van der Waals surface area contributed by atoms with Gasteiger partial charge in [-0.15, -0.1) is 0 Å². The van der Waals surface area contributed by atoms with E-state index in [9.17, 15) is 24.3 Å². The maximum Gasteiger partial charge on any atom is 0.343 e. The smallest absolute Gasteiger partial charge is 0.343 e. The minimum atomic E-state index is -1.55. The van der Waals surface area contributed by atoms with Crippen molar-refractivity contribution in [3.05, 3.63) is 46.3 Å². The number of carbonyl (C=O) groups is 4. The second-order valence-electron chi connectivity index (χ2n) is 12.7. The zero-order chi connectivity index (χ0) is 33.0. The van der Waals surface area contributed by atoms with E-state index in [1.807, 2.05) is 71.9 Å². The predicted octanol–water partition coefficient (Wildman–Crippen LogP) is 2.80. The normalized spacial score (nSPS) is 19.2. The van der Waals surface area contributed by atoms with Crippen LogP contribution in [0.25, 0.3) is 10.4 Å². The summed E-state index contributed by atoms with van der Waals surface area (Å²) in [5, 5.41) is 23.1. The topological polar surface area (TPSA) is 195 Å². The van der Waals surface area contributed by atoms with Crippen molar-refractivity contribution in [2.45, 2.75) is 103 Å². The number of aliphatic hydroxyl groups is 1. The van der Waals surface area contributed by atoms with Gasteiger partial charge in [0.05, 0.1) is 19.8 Å². The third-order valence-electron chi connectivity index (χ3n) is 7.34. The number of carbonyl (C=O) groups excluding carboxylic acids is 4. The van der Waals surface area contributed by atoms with Crippen molar-refractivity contribution in [3.8, 4) is 0 Å². The molecule has 0 saturated carbocycles. The minimum absolute atomic E-state index is 0.00561. The summed E-state index contributed by atoms with van der Waals surface area (Å²) in [5.74, 6) is -2.37. The van der Waals surface area contributed by atoms with Crippen molar-refractivity contribution in [2.75, 3.05) is 13.7 Å². The zero-order valence-corrected chi connectivity index (χ0v) is 26.8. The number of amides is 3. The highest BCUT2D eigenvalue weighted by Crippen LogP contribution is 2.35. The fraction of sp³-hybridized carbons (Fsp3) is 0.677. The predicted molar refractivity (Wildman–Crippen MR) is 164 cm³/mol. The lowest BCUT2D eigenvalue weighted by Gasteiger charge is -2.31. The summed E-state index contributed by atoms with van der Waals surface area (Å²) in [6, 6.07) is 5.15. The SMILES string of the molecule is COC(=O)[C@@]1([C@H](O)[C@H](CC(C)C)NC(=O)[C@H](CC(C)C)NC(=O)[C@H](CC(C)C)NC(=O)[C@H](Cc2ccccc2)N=[N+]=[N-])CO1. The van der Waals surface area contributed by atoms with Crippen molar-refractivity contribution in [1.82, 2.24) is 16.0 Å². The lowest BCUT2D eigenvalue weighted by molar-refractivity contribution is -0.153. The molecule has 0 spiro atoms. The van der Waals surface area contributed by atoms with Crippen LogP contribution in [0.2, 0.25) is 0 Å². The molecule has 1 aromatic carbocycles. The summed E-state index contributed by atoms with van der Waals surface area (Å²) in [4.78, 5) is 55.6. The summed E-state index contributed by atoms with van der Waals surface area (Å²) in [6.07, 6.45) is -0.326. The Hall–Kier alpha value is -3.67. The highest BCUT2D eigenvalue weighted by atomic mass is 16.7. The highest BCUT2D eigenvalue weighted by Gasteiger charge is 2.61. The van der Waals surface area contributed by atoms with Crippen LogP contribution in [0.15, 0.2) is 35.4 Å². The van der Waals surface area contributed by atoms with Crippen molar-refractivity contribution < 1.29 is 33.8 Å². The Morgan fingerprint density at radius 1 is 0.909 bits per heavy atom. The number of rotatable bonds is 18. The number of methoxy groups -OCH3 is 1. The van der Waals surface area contributed by atoms with Gasteiger partial charge < -0.3 is 30.5 Å². The van der Waals surface area contributed by atoms with Crippen molar-refractivity contribution in [2.24, 2.45) is 22.9 Å². The molecule has 0 bridgehead atoms. The number of azide groups is 1. The lowest BCUT2D eigenvalue weighted by Crippen LogP contribution is -2.59. The van der Waals surface area contributed by atoms with E-state index < -0.39 is 59.6 Å². The van der Waals surface area contributed by atoms with Gasteiger partial charge >= 0.3 is 5.97 Å². The third kappa shape index (κ3) is 10.8. The summed E-state index contributed by atoms with van der Waals surface area (Å²) in [7, 11) is 1.20. The van der Waals surface area contributed by atoms with Crippen molar-refractivity contribution >= 4 is 23.7 Å². The monoisotopic (exact) mass is 616 g/mol. The molecule has 13 nitrogen and oxygen atoms in total. The molecule has 244 valence electrons. The Balaban J connectivity index is 2.24. The molecule has 0 aromatic heterocycles. The highest BCUT2D eigenvalue weighted by molar-refractivity contribution is 5.93. The number of esters is 1. The molecule has 1 fully saturated rings. The van der Waals surface area contributed by atoms with E-state index in [2.05, 4.69) is 26.0 Å². The molecule has 4 N–H and O–H groups in total. The van der Waals surface area contributed by atoms with Gasteiger partial charge in [0.15, 0.2) is 0 Å². The minimum Gasteiger partial charge on any atom is -0.467 e. The molecule has 1 saturated heterocycles. The number of epoxide rings is 1. The quantitative estimate of drug-likeness (QED) is 0.0639. The maximum absolute atomic E-state index is 13.6. The zero-order valence-electron chi connectivity index (χ0n) is 26.8. The van der Waals surface area contributed by atoms with Gasteiger partial charge in [0.25, 0.3) is 0 Å². The number of ether oxygens (including phenoxy) is 2. The van der Waals surface area contributed by atoms with E-state index in [1.165, 1.54) is 7.11 Å². The van der Waals surface area contributed by atoms with Gasteiger partial charge in [-0.2, -0.15) is 0 Å². The van der Waals surface area contributed by atoms with Crippen LogP contribution in [0.5, 0.6) is 0 Å². The van der Waals surface area contributed by atoms with Gasteiger partial charge in [0.1, 0.15) is 24.2 Å². The third-order valence-corrected chi connectivity index (χ3v) is 7.34. The molecule has 6 atom stereocenters. The van der Waals surface area contributed by atoms with Gasteiger partial charge in [-0.25, -0.2) is 4.79 Å². The van der Waals surface area contributed by atoms with Crippen LogP contribution in [0.3, 0.4) is 0 Å². The van der Waals surface area contributed by atoms with Crippen LogP contribution in [0.1, 0.15) is 66.4 Å². The number of benzene rings is 1. The van der Waals surface area contributed by atoms with Gasteiger partial charge in [0, 0.05) is 4.91 Å². The second-order valence-corrected chi connectivity index (χ2v) is 12.7. The largest absolute Gasteiger partial charge is 0.467 e. The van der Waals surface area contributed by atoms with Gasteiger partial charge in [-0.1, -0.05) is 77.0 Å². The first-order valence-electron chi connectivity index (χ1n) is 15.1. The molecular weight excluding hydrogens is 568 g/mol. The maximum atomic E-state index is 13.6. The molecule has 1 aliphatic heterocycles. The number of nitrogens with zero attached hydrogens (tertiary/aromatic N) is 3.